The number of piperidine rings is 1. The van der Waals surface area contributed by atoms with E-state index in [0.717, 1.165) is 111 Å². The number of ether oxygens (including phenoxy) is 2. The van der Waals surface area contributed by atoms with Crippen LogP contribution in [-0.2, 0) is 16.0 Å². The molecule has 41 heavy (non-hydrogen) atoms. The Labute approximate surface area is 242 Å². The lowest BCUT2D eigenvalue weighted by atomic mass is 10.0. The molecule has 3 fully saturated rings. The zero-order valence-corrected chi connectivity index (χ0v) is 24.2. The first kappa shape index (κ1) is 27.8. The summed E-state index contributed by atoms with van der Waals surface area (Å²) in [6.45, 7) is 8.18. The molecular formula is C32H42N6O3. The molecule has 0 bridgehead atoms. The van der Waals surface area contributed by atoms with E-state index in [1.165, 1.54) is 25.7 Å². The molecule has 0 spiro atoms. The van der Waals surface area contributed by atoms with E-state index in [1.807, 2.05) is 23.2 Å². The van der Waals surface area contributed by atoms with Gasteiger partial charge >= 0.3 is 0 Å². The minimum Gasteiger partial charge on any atom is -0.490 e. The topological polar surface area (TPSA) is 92.7 Å². The number of aromatic nitrogens is 3. The Balaban J connectivity index is 1.05. The molecule has 218 valence electrons. The normalized spacial score (nSPS) is 19.1. The van der Waals surface area contributed by atoms with Crippen LogP contribution in [0.3, 0.4) is 0 Å². The molecule has 2 saturated heterocycles. The van der Waals surface area contributed by atoms with Gasteiger partial charge in [0.1, 0.15) is 24.0 Å². The van der Waals surface area contributed by atoms with Crippen LogP contribution in [0.15, 0.2) is 36.8 Å². The number of nitrogens with one attached hydrogen (secondary N) is 1. The minimum atomic E-state index is 0.136. The highest BCUT2D eigenvalue weighted by atomic mass is 16.5. The van der Waals surface area contributed by atoms with Crippen molar-refractivity contribution in [3.05, 3.63) is 48.0 Å². The third kappa shape index (κ3) is 7.13. The van der Waals surface area contributed by atoms with E-state index in [2.05, 4.69) is 44.2 Å². The van der Waals surface area contributed by atoms with Crippen molar-refractivity contribution >= 4 is 28.3 Å². The van der Waals surface area contributed by atoms with Crippen LogP contribution in [-0.4, -0.2) is 82.7 Å². The molecule has 2 aromatic heterocycles. The van der Waals surface area contributed by atoms with Crippen molar-refractivity contribution in [3.8, 4) is 5.75 Å². The summed E-state index contributed by atoms with van der Waals surface area (Å²) < 4.78 is 11.9. The molecule has 2 aliphatic heterocycles. The number of pyridine rings is 1. The summed E-state index contributed by atoms with van der Waals surface area (Å²) in [6, 6.07) is 8.28. The summed E-state index contributed by atoms with van der Waals surface area (Å²) in [7, 11) is 0. The van der Waals surface area contributed by atoms with Crippen LogP contribution in [0.25, 0.3) is 10.9 Å². The van der Waals surface area contributed by atoms with Crippen molar-refractivity contribution in [2.75, 3.05) is 51.3 Å². The van der Waals surface area contributed by atoms with Crippen molar-refractivity contribution in [1.29, 1.82) is 0 Å². The number of hydrogen-bond donors (Lipinski definition) is 1. The third-order valence-corrected chi connectivity index (χ3v) is 8.83. The zero-order valence-electron chi connectivity index (χ0n) is 24.2. The SMILES string of the molecule is Cc1cc(Nc2ncnc3cnc(CCN4CCOCC4)cc23)ccc1OC1CCN(C(=O)CC2CCCC2)CC1. The molecule has 1 N–H and O–H groups in total. The summed E-state index contributed by atoms with van der Waals surface area (Å²) in [5.41, 5.74) is 3.88. The van der Waals surface area contributed by atoms with Gasteiger partial charge in [-0.3, -0.25) is 14.7 Å². The summed E-state index contributed by atoms with van der Waals surface area (Å²) in [4.78, 5) is 30.8. The Hall–Kier alpha value is -3.30. The van der Waals surface area contributed by atoms with Gasteiger partial charge in [0.2, 0.25) is 5.91 Å². The van der Waals surface area contributed by atoms with Gasteiger partial charge in [-0.25, -0.2) is 9.97 Å². The van der Waals surface area contributed by atoms with Crippen LogP contribution in [0.5, 0.6) is 5.75 Å². The van der Waals surface area contributed by atoms with Crippen LogP contribution in [0, 0.1) is 12.8 Å². The average molecular weight is 559 g/mol. The first-order valence-electron chi connectivity index (χ1n) is 15.3. The quantitative estimate of drug-likeness (QED) is 0.397. The van der Waals surface area contributed by atoms with E-state index in [-0.39, 0.29) is 6.10 Å². The number of amides is 1. The van der Waals surface area contributed by atoms with Gasteiger partial charge in [0, 0.05) is 75.2 Å². The van der Waals surface area contributed by atoms with Crippen LogP contribution in [0.4, 0.5) is 11.5 Å². The van der Waals surface area contributed by atoms with Gasteiger partial charge in [0.25, 0.3) is 0 Å². The first-order chi connectivity index (χ1) is 20.1. The maximum Gasteiger partial charge on any atom is 0.222 e. The van der Waals surface area contributed by atoms with Crippen molar-refractivity contribution in [3.63, 3.8) is 0 Å². The fourth-order valence-electron chi connectivity index (χ4n) is 6.33. The molecule has 0 unspecified atom stereocenters. The van der Waals surface area contributed by atoms with Crippen LogP contribution < -0.4 is 10.1 Å². The molecule has 0 atom stereocenters. The van der Waals surface area contributed by atoms with Gasteiger partial charge in [0.05, 0.1) is 24.9 Å². The van der Waals surface area contributed by atoms with Gasteiger partial charge < -0.3 is 19.7 Å². The zero-order chi connectivity index (χ0) is 28.0. The second-order valence-corrected chi connectivity index (χ2v) is 11.8. The smallest absolute Gasteiger partial charge is 0.222 e. The standard InChI is InChI=1S/C32H42N6O3/c1-23-18-26(6-7-30(23)41-27-9-12-38(13-10-27)31(39)19-24-4-2-3-5-24)36-32-28-20-25(33-21-29(28)34-22-35-32)8-11-37-14-16-40-17-15-37/h6-7,18,20-22,24,27H,2-5,8-17,19H2,1H3,(H,34,35,36). The first-order valence-corrected chi connectivity index (χ1v) is 15.3. The van der Waals surface area contributed by atoms with Crippen molar-refractivity contribution in [2.24, 2.45) is 5.92 Å². The highest BCUT2D eigenvalue weighted by Crippen LogP contribution is 2.31. The second kappa shape index (κ2) is 13.1. The van der Waals surface area contributed by atoms with E-state index in [0.29, 0.717) is 11.8 Å². The van der Waals surface area contributed by atoms with Crippen molar-refractivity contribution in [1.82, 2.24) is 24.8 Å². The predicted molar refractivity (Wildman–Crippen MR) is 160 cm³/mol. The lowest BCUT2D eigenvalue weighted by Gasteiger charge is -2.33. The number of rotatable bonds is 9. The van der Waals surface area contributed by atoms with Gasteiger partial charge in [-0.15, -0.1) is 0 Å². The molecule has 1 aromatic carbocycles. The Morgan fingerprint density at radius 2 is 1.83 bits per heavy atom. The number of benzene rings is 1. The Bertz CT molecular complexity index is 1330. The fourth-order valence-corrected chi connectivity index (χ4v) is 6.33. The largest absolute Gasteiger partial charge is 0.490 e. The van der Waals surface area contributed by atoms with Crippen molar-refractivity contribution < 1.29 is 14.3 Å². The lowest BCUT2D eigenvalue weighted by molar-refractivity contribution is -0.134. The summed E-state index contributed by atoms with van der Waals surface area (Å²) in [6.07, 6.45) is 11.9. The Morgan fingerprint density at radius 1 is 1.02 bits per heavy atom. The van der Waals surface area contributed by atoms with Gasteiger partial charge in [0.15, 0.2) is 0 Å². The van der Waals surface area contributed by atoms with E-state index in [1.54, 1.807) is 6.33 Å². The maximum absolute atomic E-state index is 12.7. The molecule has 1 aliphatic carbocycles. The monoisotopic (exact) mass is 558 g/mol. The summed E-state index contributed by atoms with van der Waals surface area (Å²) >= 11 is 0. The van der Waals surface area contributed by atoms with Crippen LogP contribution in [0.2, 0.25) is 0 Å². The molecule has 3 aromatic rings. The number of fused-ring (bicyclic) bond motifs is 1. The Morgan fingerprint density at radius 3 is 2.61 bits per heavy atom. The number of anilines is 2. The van der Waals surface area contributed by atoms with Crippen LogP contribution >= 0.6 is 0 Å². The molecule has 0 radical (unpaired) electrons. The number of morpholine rings is 1. The summed E-state index contributed by atoms with van der Waals surface area (Å²) in [5, 5.41) is 4.46. The van der Waals surface area contributed by atoms with Gasteiger partial charge in [-0.2, -0.15) is 0 Å². The maximum atomic E-state index is 12.7. The molecule has 9 heteroatoms. The molecule has 1 saturated carbocycles. The number of carbonyl (C=O) groups is 1. The number of aryl methyl sites for hydroxylation is 1. The van der Waals surface area contributed by atoms with Crippen molar-refractivity contribution in [2.45, 2.75) is 64.4 Å². The average Bonchev–Trinajstić information content (AvgIpc) is 3.51. The summed E-state index contributed by atoms with van der Waals surface area (Å²) in [5.74, 6) is 2.60. The lowest BCUT2D eigenvalue weighted by Crippen LogP contribution is -2.42. The molecule has 3 aliphatic rings. The number of hydrogen-bond acceptors (Lipinski definition) is 8. The Kier molecular flexibility index (Phi) is 8.91. The highest BCUT2D eigenvalue weighted by molar-refractivity contribution is 5.90. The van der Waals surface area contributed by atoms with Gasteiger partial charge in [-0.1, -0.05) is 12.8 Å². The van der Waals surface area contributed by atoms with E-state index >= 15 is 0 Å². The number of carbonyl (C=O) groups excluding carboxylic acids is 1. The fraction of sp³-hybridized carbons (Fsp3) is 0.562. The predicted octanol–water partition coefficient (Wildman–Crippen LogP) is 4.90. The van der Waals surface area contributed by atoms with Gasteiger partial charge in [-0.05, 0) is 55.5 Å². The molecule has 4 heterocycles. The minimum absolute atomic E-state index is 0.136. The number of likely N-dealkylation sites (tertiary alicyclic amines) is 1. The van der Waals surface area contributed by atoms with E-state index < -0.39 is 0 Å². The van der Waals surface area contributed by atoms with E-state index in [9.17, 15) is 4.79 Å². The third-order valence-electron chi connectivity index (χ3n) is 8.83. The molecule has 9 nitrogen and oxygen atoms in total. The second-order valence-electron chi connectivity index (χ2n) is 11.8. The number of nitrogens with zero attached hydrogens (tertiary/aromatic N) is 5. The molecule has 6 rings (SSSR count). The molecule has 1 amide bonds. The van der Waals surface area contributed by atoms with Crippen LogP contribution in [0.1, 0.15) is 56.2 Å². The van der Waals surface area contributed by atoms with E-state index in [4.69, 9.17) is 9.47 Å². The molecular weight excluding hydrogens is 516 g/mol. The highest BCUT2D eigenvalue weighted by Gasteiger charge is 2.27.